The number of nitrogens with zero attached hydrogens (tertiary/aromatic N) is 1. The van der Waals surface area contributed by atoms with Gasteiger partial charge in [0.2, 0.25) is 0 Å². The third-order valence-electron chi connectivity index (χ3n) is 3.29. The summed E-state index contributed by atoms with van der Waals surface area (Å²) in [5.74, 6) is -0.351. The third-order valence-corrected chi connectivity index (χ3v) is 3.29. The van der Waals surface area contributed by atoms with Crippen LogP contribution >= 0.6 is 0 Å². The van der Waals surface area contributed by atoms with E-state index in [-0.39, 0.29) is 11.9 Å². The molecule has 0 bridgehead atoms. The molecule has 1 aliphatic heterocycles. The van der Waals surface area contributed by atoms with Crippen molar-refractivity contribution in [1.29, 1.82) is 0 Å². The maximum Gasteiger partial charge on any atom is 0.129 e. The van der Waals surface area contributed by atoms with Gasteiger partial charge >= 0.3 is 0 Å². The Labute approximate surface area is 107 Å². The van der Waals surface area contributed by atoms with E-state index in [9.17, 15) is 9.50 Å². The van der Waals surface area contributed by atoms with Crippen LogP contribution in [-0.4, -0.2) is 42.9 Å². The number of aliphatic hydroxyl groups is 1. The number of benzene rings is 1. The van der Waals surface area contributed by atoms with Crippen molar-refractivity contribution < 1.29 is 14.2 Å². The second-order valence-corrected chi connectivity index (χ2v) is 4.89. The first-order valence-electron chi connectivity index (χ1n) is 6.39. The fourth-order valence-electron chi connectivity index (χ4n) is 2.35. The minimum Gasteiger partial charge on any atom is -0.387 e. The van der Waals surface area contributed by atoms with Crippen molar-refractivity contribution in [3.8, 4) is 0 Å². The molecule has 1 aromatic carbocycles. The lowest BCUT2D eigenvalue weighted by Gasteiger charge is -2.23. The molecule has 0 saturated carbocycles. The number of ether oxygens (including phenoxy) is 1. The molecular formula is C14H20FNO2. The molecule has 0 radical (unpaired) electrons. The average molecular weight is 253 g/mol. The zero-order valence-electron chi connectivity index (χ0n) is 10.7. The van der Waals surface area contributed by atoms with Crippen molar-refractivity contribution >= 4 is 0 Å². The van der Waals surface area contributed by atoms with E-state index >= 15 is 0 Å². The summed E-state index contributed by atoms with van der Waals surface area (Å²) in [6.45, 7) is 2.03. The molecule has 1 N–H and O–H groups in total. The summed E-state index contributed by atoms with van der Waals surface area (Å²) in [5.41, 5.74) is 0.358. The van der Waals surface area contributed by atoms with Gasteiger partial charge in [-0.05, 0) is 26.0 Å². The molecule has 0 aromatic heterocycles. The maximum absolute atomic E-state index is 13.5. The molecule has 1 aliphatic rings. The van der Waals surface area contributed by atoms with Crippen LogP contribution < -0.4 is 0 Å². The Morgan fingerprint density at radius 2 is 2.28 bits per heavy atom. The first kappa shape index (κ1) is 13.5. The molecule has 18 heavy (non-hydrogen) atoms. The average Bonchev–Trinajstić information content (AvgIpc) is 2.82. The summed E-state index contributed by atoms with van der Waals surface area (Å²) in [6.07, 6.45) is 1.63. The maximum atomic E-state index is 13.5. The van der Waals surface area contributed by atoms with Crippen molar-refractivity contribution in [1.82, 2.24) is 4.90 Å². The number of hydrogen-bond acceptors (Lipinski definition) is 3. The first-order valence-corrected chi connectivity index (χ1v) is 6.39. The summed E-state index contributed by atoms with van der Waals surface area (Å²) < 4.78 is 19.0. The zero-order chi connectivity index (χ0) is 13.0. The van der Waals surface area contributed by atoms with Crippen LogP contribution in [0.3, 0.4) is 0 Å². The van der Waals surface area contributed by atoms with Crippen LogP contribution in [0.5, 0.6) is 0 Å². The van der Waals surface area contributed by atoms with Crippen molar-refractivity contribution in [3.05, 3.63) is 35.6 Å². The van der Waals surface area contributed by atoms with Gasteiger partial charge in [-0.3, -0.25) is 0 Å². The Bertz CT molecular complexity index is 380. The number of rotatable bonds is 5. The quantitative estimate of drug-likeness (QED) is 0.871. The highest BCUT2D eigenvalue weighted by molar-refractivity contribution is 5.19. The molecule has 2 unspecified atom stereocenters. The highest BCUT2D eigenvalue weighted by Gasteiger charge is 2.20. The molecule has 0 amide bonds. The number of halogens is 1. The Morgan fingerprint density at radius 3 is 2.94 bits per heavy atom. The standard InChI is InChI=1S/C14H20FNO2/c1-16(9-11-5-4-8-18-11)10-14(17)12-6-2-3-7-13(12)15/h2-3,6-7,11,14,17H,4-5,8-10H2,1H3. The summed E-state index contributed by atoms with van der Waals surface area (Å²) in [7, 11) is 1.92. The van der Waals surface area contributed by atoms with Gasteiger partial charge in [-0.15, -0.1) is 0 Å². The van der Waals surface area contributed by atoms with E-state index in [1.165, 1.54) is 6.07 Å². The Kier molecular flexibility index (Phi) is 4.69. The minimum atomic E-state index is -0.794. The van der Waals surface area contributed by atoms with E-state index in [4.69, 9.17) is 4.74 Å². The van der Waals surface area contributed by atoms with E-state index in [1.807, 2.05) is 11.9 Å². The fourth-order valence-corrected chi connectivity index (χ4v) is 2.35. The molecule has 1 saturated heterocycles. The predicted octanol–water partition coefficient (Wildman–Crippen LogP) is 1.97. The van der Waals surface area contributed by atoms with Crippen LogP contribution in [0.2, 0.25) is 0 Å². The molecule has 2 rings (SSSR count). The van der Waals surface area contributed by atoms with Gasteiger partial charge in [0.15, 0.2) is 0 Å². The van der Waals surface area contributed by atoms with Gasteiger partial charge < -0.3 is 14.7 Å². The Hall–Kier alpha value is -0.970. The molecule has 0 aliphatic carbocycles. The van der Waals surface area contributed by atoms with E-state index in [2.05, 4.69) is 0 Å². The van der Waals surface area contributed by atoms with Gasteiger partial charge in [-0.1, -0.05) is 18.2 Å². The fraction of sp³-hybridized carbons (Fsp3) is 0.571. The monoisotopic (exact) mass is 253 g/mol. The van der Waals surface area contributed by atoms with E-state index in [0.29, 0.717) is 12.1 Å². The van der Waals surface area contributed by atoms with Crippen LogP contribution in [0.1, 0.15) is 24.5 Å². The SMILES string of the molecule is CN(CC1CCCO1)CC(O)c1ccccc1F. The third kappa shape index (κ3) is 3.51. The largest absolute Gasteiger partial charge is 0.387 e. The number of hydrogen-bond donors (Lipinski definition) is 1. The highest BCUT2D eigenvalue weighted by Crippen LogP contribution is 2.18. The number of aliphatic hydroxyl groups excluding tert-OH is 1. The van der Waals surface area contributed by atoms with Gasteiger partial charge in [0.1, 0.15) is 5.82 Å². The molecule has 2 atom stereocenters. The first-order chi connectivity index (χ1) is 8.66. The zero-order valence-corrected chi connectivity index (χ0v) is 10.7. The highest BCUT2D eigenvalue weighted by atomic mass is 19.1. The Balaban J connectivity index is 1.86. The van der Waals surface area contributed by atoms with E-state index in [0.717, 1.165) is 26.0 Å². The lowest BCUT2D eigenvalue weighted by molar-refractivity contribution is 0.0594. The molecule has 3 nitrogen and oxygen atoms in total. The van der Waals surface area contributed by atoms with Crippen molar-refractivity contribution in [2.24, 2.45) is 0 Å². The molecule has 100 valence electrons. The molecule has 4 heteroatoms. The summed E-state index contributed by atoms with van der Waals surface area (Å²) in [5, 5.41) is 10.0. The van der Waals surface area contributed by atoms with E-state index in [1.54, 1.807) is 18.2 Å². The predicted molar refractivity (Wildman–Crippen MR) is 67.8 cm³/mol. The van der Waals surface area contributed by atoms with Crippen LogP contribution in [0.25, 0.3) is 0 Å². The van der Waals surface area contributed by atoms with Crippen LogP contribution in [0.15, 0.2) is 24.3 Å². The van der Waals surface area contributed by atoms with Gasteiger partial charge in [0.25, 0.3) is 0 Å². The second-order valence-electron chi connectivity index (χ2n) is 4.89. The van der Waals surface area contributed by atoms with Crippen molar-refractivity contribution in [2.45, 2.75) is 25.0 Å². The minimum absolute atomic E-state index is 0.253. The number of likely N-dealkylation sites (N-methyl/N-ethyl adjacent to an activating group) is 1. The smallest absolute Gasteiger partial charge is 0.129 e. The molecule has 1 fully saturated rings. The van der Waals surface area contributed by atoms with E-state index < -0.39 is 6.10 Å². The normalized spacial score (nSPS) is 21.4. The van der Waals surface area contributed by atoms with Crippen LogP contribution in [0, 0.1) is 5.82 Å². The molecule has 1 heterocycles. The lowest BCUT2D eigenvalue weighted by Crippen LogP contribution is -2.32. The second kappa shape index (κ2) is 6.27. The summed E-state index contributed by atoms with van der Waals surface area (Å²) >= 11 is 0. The molecule has 1 aromatic rings. The molecular weight excluding hydrogens is 233 g/mol. The van der Waals surface area contributed by atoms with Gasteiger partial charge in [-0.2, -0.15) is 0 Å². The van der Waals surface area contributed by atoms with Crippen molar-refractivity contribution in [3.63, 3.8) is 0 Å². The Morgan fingerprint density at radius 1 is 1.50 bits per heavy atom. The van der Waals surface area contributed by atoms with Gasteiger partial charge in [-0.25, -0.2) is 4.39 Å². The molecule has 0 spiro atoms. The lowest BCUT2D eigenvalue weighted by atomic mass is 10.1. The van der Waals surface area contributed by atoms with Gasteiger partial charge in [0.05, 0.1) is 12.2 Å². The topological polar surface area (TPSA) is 32.7 Å². The van der Waals surface area contributed by atoms with Crippen molar-refractivity contribution in [2.75, 3.05) is 26.7 Å². The van der Waals surface area contributed by atoms with Gasteiger partial charge in [0, 0.05) is 25.3 Å². The summed E-state index contributed by atoms with van der Waals surface area (Å²) in [4.78, 5) is 1.99. The van der Waals surface area contributed by atoms with Crippen LogP contribution in [-0.2, 0) is 4.74 Å². The summed E-state index contributed by atoms with van der Waals surface area (Å²) in [6, 6.07) is 6.36. The van der Waals surface area contributed by atoms with Crippen LogP contribution in [0.4, 0.5) is 4.39 Å².